The van der Waals surface area contributed by atoms with Gasteiger partial charge in [0.1, 0.15) is 29.0 Å². The molecule has 0 nitrogen and oxygen atoms in total. The SMILES string of the molecule is Fc1ccc(C[P+](c2ccccc2)(c2ccccc2)c2ccccc2)cc1Cl. The van der Waals surface area contributed by atoms with Crippen LogP contribution >= 0.6 is 18.9 Å². The van der Waals surface area contributed by atoms with Gasteiger partial charge in [-0.25, -0.2) is 4.39 Å². The highest BCUT2D eigenvalue weighted by Gasteiger charge is 2.45. The monoisotopic (exact) mass is 405 g/mol. The number of hydrogen-bond acceptors (Lipinski definition) is 0. The van der Waals surface area contributed by atoms with E-state index in [0.29, 0.717) is 0 Å². The second-order valence-electron chi connectivity index (χ2n) is 6.72. The normalized spacial score (nSPS) is 11.4. The maximum absolute atomic E-state index is 13.8. The lowest BCUT2D eigenvalue weighted by molar-refractivity contribution is 0.628. The highest BCUT2D eigenvalue weighted by atomic mass is 35.5. The molecule has 0 spiro atoms. The van der Waals surface area contributed by atoms with Gasteiger partial charge < -0.3 is 0 Å². The quantitative estimate of drug-likeness (QED) is 0.359. The summed E-state index contributed by atoms with van der Waals surface area (Å²) < 4.78 is 13.8. The van der Waals surface area contributed by atoms with E-state index in [1.165, 1.54) is 22.0 Å². The van der Waals surface area contributed by atoms with Gasteiger partial charge in [0.25, 0.3) is 0 Å². The largest absolute Gasteiger partial charge is 0.205 e. The molecule has 0 heterocycles. The Labute approximate surface area is 171 Å². The minimum Gasteiger partial charge on any atom is -0.205 e. The van der Waals surface area contributed by atoms with Gasteiger partial charge in [-0.1, -0.05) is 72.3 Å². The predicted molar refractivity (Wildman–Crippen MR) is 120 cm³/mol. The van der Waals surface area contributed by atoms with Gasteiger partial charge in [-0.3, -0.25) is 0 Å². The first-order valence-corrected chi connectivity index (χ1v) is 11.5. The molecule has 0 saturated carbocycles. The molecule has 0 aromatic heterocycles. The van der Waals surface area contributed by atoms with Crippen molar-refractivity contribution in [3.05, 3.63) is 126 Å². The van der Waals surface area contributed by atoms with Gasteiger partial charge in [0.15, 0.2) is 0 Å². The van der Waals surface area contributed by atoms with Crippen molar-refractivity contribution in [3.8, 4) is 0 Å². The highest BCUT2D eigenvalue weighted by Crippen LogP contribution is 2.58. The van der Waals surface area contributed by atoms with Gasteiger partial charge in [-0.05, 0) is 54.1 Å². The third-order valence-electron chi connectivity index (χ3n) is 4.99. The van der Waals surface area contributed by atoms with Gasteiger partial charge in [0.2, 0.25) is 0 Å². The zero-order valence-corrected chi connectivity index (χ0v) is 17.0. The van der Waals surface area contributed by atoms with Crippen LogP contribution in [0.4, 0.5) is 4.39 Å². The van der Waals surface area contributed by atoms with E-state index in [0.717, 1.165) is 11.7 Å². The zero-order valence-electron chi connectivity index (χ0n) is 15.3. The molecule has 0 atom stereocenters. The summed E-state index contributed by atoms with van der Waals surface area (Å²) in [6, 6.07) is 37.0. The van der Waals surface area contributed by atoms with Crippen LogP contribution in [-0.4, -0.2) is 0 Å². The minimum atomic E-state index is -1.99. The predicted octanol–water partition coefficient (Wildman–Crippen LogP) is 5.97. The van der Waals surface area contributed by atoms with E-state index in [-0.39, 0.29) is 10.8 Å². The van der Waals surface area contributed by atoms with E-state index in [9.17, 15) is 4.39 Å². The number of benzene rings is 4. The number of hydrogen-bond donors (Lipinski definition) is 0. The Kier molecular flexibility index (Phi) is 5.57. The molecule has 0 N–H and O–H groups in total. The Balaban J connectivity index is 1.99. The first-order valence-electron chi connectivity index (χ1n) is 9.19. The number of rotatable bonds is 5. The molecule has 0 amide bonds. The summed E-state index contributed by atoms with van der Waals surface area (Å²) in [6.45, 7) is 0. The van der Waals surface area contributed by atoms with Crippen LogP contribution in [0.25, 0.3) is 0 Å². The summed E-state index contributed by atoms with van der Waals surface area (Å²) in [5.74, 6) is -0.381. The van der Waals surface area contributed by atoms with Crippen molar-refractivity contribution in [3.63, 3.8) is 0 Å². The van der Waals surface area contributed by atoms with Crippen LogP contribution in [0.1, 0.15) is 5.56 Å². The summed E-state index contributed by atoms with van der Waals surface area (Å²) in [4.78, 5) is 0. The van der Waals surface area contributed by atoms with E-state index in [2.05, 4.69) is 72.8 Å². The van der Waals surface area contributed by atoms with E-state index >= 15 is 0 Å². The van der Waals surface area contributed by atoms with Crippen molar-refractivity contribution in [2.45, 2.75) is 6.16 Å². The van der Waals surface area contributed by atoms with Crippen molar-refractivity contribution >= 4 is 34.8 Å². The summed E-state index contributed by atoms with van der Waals surface area (Å²) >= 11 is 6.12. The van der Waals surface area contributed by atoms with Gasteiger partial charge in [-0.2, -0.15) is 0 Å². The fraction of sp³-hybridized carbons (Fsp3) is 0.0400. The maximum atomic E-state index is 13.8. The molecule has 0 aliphatic heterocycles. The number of halogens is 2. The average molecular weight is 406 g/mol. The molecule has 4 aromatic carbocycles. The van der Waals surface area contributed by atoms with Gasteiger partial charge in [0, 0.05) is 0 Å². The fourth-order valence-corrected chi connectivity index (χ4v) is 8.11. The Morgan fingerprint density at radius 1 is 0.607 bits per heavy atom. The molecule has 28 heavy (non-hydrogen) atoms. The van der Waals surface area contributed by atoms with Crippen molar-refractivity contribution in [1.82, 2.24) is 0 Å². The molecule has 0 aliphatic rings. The molecule has 0 aliphatic carbocycles. The topological polar surface area (TPSA) is 0 Å². The van der Waals surface area contributed by atoms with Crippen LogP contribution in [-0.2, 0) is 6.16 Å². The lowest BCUT2D eigenvalue weighted by Gasteiger charge is -2.28. The van der Waals surface area contributed by atoms with Crippen molar-refractivity contribution in [2.75, 3.05) is 0 Å². The fourth-order valence-electron chi connectivity index (χ4n) is 3.68. The minimum absolute atomic E-state index is 0.171. The van der Waals surface area contributed by atoms with Gasteiger partial charge in [-0.15, -0.1) is 0 Å². The maximum Gasteiger partial charge on any atom is 0.141 e. The smallest absolute Gasteiger partial charge is 0.141 e. The first-order chi connectivity index (χ1) is 13.7. The molecule has 0 bridgehead atoms. The summed E-state index contributed by atoms with van der Waals surface area (Å²) in [5.41, 5.74) is 1.04. The molecule has 4 aromatic rings. The standard InChI is InChI=1S/C25H20ClFP/c26-24-18-20(16-17-25(24)27)19-28(21-10-4-1-5-11-21,22-12-6-2-7-13-22)23-14-8-3-9-15-23/h1-18H,19H2/q+1. The van der Waals surface area contributed by atoms with Crippen LogP contribution in [0.2, 0.25) is 5.02 Å². The average Bonchev–Trinajstić information content (AvgIpc) is 2.76. The molecule has 4 rings (SSSR count). The van der Waals surface area contributed by atoms with E-state index in [4.69, 9.17) is 11.6 Å². The Morgan fingerprint density at radius 3 is 1.43 bits per heavy atom. The molecule has 0 radical (unpaired) electrons. The van der Waals surface area contributed by atoms with Crippen LogP contribution in [0.5, 0.6) is 0 Å². The van der Waals surface area contributed by atoms with Crippen molar-refractivity contribution in [2.24, 2.45) is 0 Å². The second kappa shape index (κ2) is 8.27. The molecular formula is C25H20ClFP+. The molecule has 3 heteroatoms. The molecule has 0 saturated heterocycles. The third-order valence-corrected chi connectivity index (χ3v) is 9.66. The lowest BCUT2D eigenvalue weighted by atomic mass is 10.2. The van der Waals surface area contributed by atoms with Gasteiger partial charge in [0.05, 0.1) is 11.2 Å². The van der Waals surface area contributed by atoms with Crippen LogP contribution in [0.15, 0.2) is 109 Å². The molecule has 0 unspecified atom stereocenters. The third kappa shape index (κ3) is 3.61. The van der Waals surface area contributed by atoms with Crippen LogP contribution in [0.3, 0.4) is 0 Å². The summed E-state index contributed by atoms with van der Waals surface area (Å²) in [5, 5.41) is 4.07. The lowest BCUT2D eigenvalue weighted by Crippen LogP contribution is -2.32. The Hall–Kier alpha value is -2.47. The van der Waals surface area contributed by atoms with Crippen molar-refractivity contribution < 1.29 is 4.39 Å². The molecule has 0 fully saturated rings. The van der Waals surface area contributed by atoms with E-state index in [1.54, 1.807) is 6.07 Å². The van der Waals surface area contributed by atoms with Crippen LogP contribution in [0, 0.1) is 5.82 Å². The van der Waals surface area contributed by atoms with E-state index in [1.807, 2.05) is 24.3 Å². The highest BCUT2D eigenvalue weighted by molar-refractivity contribution is 7.95. The van der Waals surface area contributed by atoms with Gasteiger partial charge >= 0.3 is 0 Å². The summed E-state index contributed by atoms with van der Waals surface area (Å²) in [7, 11) is -1.99. The molecule has 138 valence electrons. The Morgan fingerprint density at radius 2 is 1.04 bits per heavy atom. The Bertz CT molecular complexity index is 953. The van der Waals surface area contributed by atoms with Crippen LogP contribution < -0.4 is 15.9 Å². The van der Waals surface area contributed by atoms with E-state index < -0.39 is 7.26 Å². The van der Waals surface area contributed by atoms with Crippen molar-refractivity contribution in [1.29, 1.82) is 0 Å². The molecular weight excluding hydrogens is 386 g/mol. The second-order valence-corrected chi connectivity index (χ2v) is 10.6. The summed E-state index contributed by atoms with van der Waals surface area (Å²) in [6.07, 6.45) is 0.783. The first kappa shape index (κ1) is 18.9. The zero-order chi connectivity index (χ0) is 19.4.